The Hall–Kier alpha value is -3.81. The minimum absolute atomic E-state index is 0.152. The average Bonchev–Trinajstić information content (AvgIpc) is 3.24. The van der Waals surface area contributed by atoms with Crippen molar-refractivity contribution in [1.29, 1.82) is 0 Å². The lowest BCUT2D eigenvalue weighted by molar-refractivity contribution is 0.101. The van der Waals surface area contributed by atoms with E-state index >= 15 is 0 Å². The number of hydrogen-bond acceptors (Lipinski definition) is 7. The smallest absolute Gasteiger partial charge is 0.232 e. The number of nitrogens with zero attached hydrogens (tertiary/aromatic N) is 2. The number of rotatable bonds is 7. The first-order chi connectivity index (χ1) is 18.0. The molecule has 2 aliphatic heterocycles. The predicted octanol–water partition coefficient (Wildman–Crippen LogP) is 4.65. The maximum absolute atomic E-state index is 13.4. The summed E-state index contributed by atoms with van der Waals surface area (Å²) >= 11 is 0. The van der Waals surface area contributed by atoms with Crippen molar-refractivity contribution >= 4 is 11.9 Å². The summed E-state index contributed by atoms with van der Waals surface area (Å²) in [6.45, 7) is 6.88. The van der Waals surface area contributed by atoms with Gasteiger partial charge in [0.2, 0.25) is 5.78 Å². The van der Waals surface area contributed by atoms with Crippen molar-refractivity contribution < 1.29 is 24.1 Å². The number of methoxy groups -OCH3 is 2. The highest BCUT2D eigenvalue weighted by atomic mass is 16.5. The molecular formula is C30H32N2O5. The minimum Gasteiger partial charge on any atom is -0.507 e. The minimum atomic E-state index is -0.195. The number of ether oxygens (including phenoxy) is 3. The zero-order valence-electron chi connectivity index (χ0n) is 21.5. The van der Waals surface area contributed by atoms with Crippen molar-refractivity contribution in [2.75, 3.05) is 40.4 Å². The van der Waals surface area contributed by atoms with E-state index in [2.05, 4.69) is 34.1 Å². The molecule has 0 saturated carbocycles. The fourth-order valence-corrected chi connectivity index (χ4v) is 4.98. The summed E-state index contributed by atoms with van der Waals surface area (Å²) < 4.78 is 16.9. The molecule has 192 valence electrons. The number of piperazine rings is 1. The zero-order chi connectivity index (χ0) is 25.9. The first-order valence-electron chi connectivity index (χ1n) is 12.5. The number of aromatic hydroxyl groups is 1. The summed E-state index contributed by atoms with van der Waals surface area (Å²) in [5.41, 5.74) is 3.87. The Balaban J connectivity index is 1.34. The van der Waals surface area contributed by atoms with Gasteiger partial charge < -0.3 is 19.3 Å². The van der Waals surface area contributed by atoms with E-state index in [1.807, 2.05) is 19.1 Å². The van der Waals surface area contributed by atoms with Crippen LogP contribution in [0.2, 0.25) is 0 Å². The number of phenols is 1. The topological polar surface area (TPSA) is 71.5 Å². The van der Waals surface area contributed by atoms with Crippen LogP contribution in [0.1, 0.15) is 32.6 Å². The van der Waals surface area contributed by atoms with Crippen molar-refractivity contribution in [1.82, 2.24) is 9.80 Å². The van der Waals surface area contributed by atoms with Gasteiger partial charge in [-0.25, -0.2) is 0 Å². The lowest BCUT2D eigenvalue weighted by Gasteiger charge is -2.35. The Morgan fingerprint density at radius 2 is 1.65 bits per heavy atom. The average molecular weight is 501 g/mol. The zero-order valence-corrected chi connectivity index (χ0v) is 21.5. The third-order valence-electron chi connectivity index (χ3n) is 7.04. The van der Waals surface area contributed by atoms with Crippen LogP contribution in [0.3, 0.4) is 0 Å². The summed E-state index contributed by atoms with van der Waals surface area (Å²) in [4.78, 5) is 18.1. The monoisotopic (exact) mass is 500 g/mol. The number of hydrogen-bond donors (Lipinski definition) is 1. The predicted molar refractivity (Wildman–Crippen MR) is 142 cm³/mol. The van der Waals surface area contributed by atoms with Crippen LogP contribution in [0.15, 0.2) is 60.4 Å². The molecule has 3 aromatic rings. The van der Waals surface area contributed by atoms with Crippen molar-refractivity contribution in [2.45, 2.75) is 20.0 Å². The van der Waals surface area contributed by atoms with Gasteiger partial charge in [0.1, 0.15) is 23.0 Å². The summed E-state index contributed by atoms with van der Waals surface area (Å²) in [5.74, 6) is 1.85. The number of carbonyl (C=O) groups is 1. The molecule has 3 aromatic carbocycles. The highest BCUT2D eigenvalue weighted by Crippen LogP contribution is 2.43. The number of Topliss-reactive ketones (excluding diaryl/α,β-unsaturated/α-hetero) is 1. The molecule has 2 aliphatic rings. The normalized spacial score (nSPS) is 17.1. The van der Waals surface area contributed by atoms with E-state index in [1.165, 1.54) is 5.56 Å². The molecule has 7 nitrogen and oxygen atoms in total. The number of ketones is 1. The maximum atomic E-state index is 13.4. The number of carbonyl (C=O) groups excluding carboxylic acids is 1. The lowest BCUT2D eigenvalue weighted by atomic mass is 9.99. The van der Waals surface area contributed by atoms with Gasteiger partial charge in [-0.2, -0.15) is 0 Å². The Morgan fingerprint density at radius 1 is 0.946 bits per heavy atom. The van der Waals surface area contributed by atoms with Crippen LogP contribution < -0.4 is 14.2 Å². The standard InChI is InChI=1S/C30H32N2O5/c1-20-15-25(33)24(19-32-13-11-31(12-14-32)18-21-7-5-4-6-8-21)30-28(20)29(34)27(37-30)16-22-9-10-23(35-2)17-26(22)36-3/h4-10,15-17,33H,11-14,18-19H2,1-3H3/b27-16-. The highest BCUT2D eigenvalue weighted by Gasteiger charge is 2.34. The largest absolute Gasteiger partial charge is 0.507 e. The molecule has 0 aliphatic carbocycles. The summed E-state index contributed by atoms with van der Waals surface area (Å²) in [7, 11) is 3.16. The fourth-order valence-electron chi connectivity index (χ4n) is 4.98. The van der Waals surface area contributed by atoms with E-state index in [-0.39, 0.29) is 17.3 Å². The Bertz CT molecular complexity index is 1330. The van der Waals surface area contributed by atoms with Gasteiger partial charge in [-0.15, -0.1) is 0 Å². The van der Waals surface area contributed by atoms with E-state index < -0.39 is 0 Å². The van der Waals surface area contributed by atoms with E-state index in [0.29, 0.717) is 46.0 Å². The quantitative estimate of drug-likeness (QED) is 0.474. The van der Waals surface area contributed by atoms with Crippen molar-refractivity contribution in [3.05, 3.63) is 88.2 Å². The number of allylic oxidation sites excluding steroid dienone is 1. The van der Waals surface area contributed by atoms with Gasteiger partial charge in [-0.05, 0) is 42.3 Å². The van der Waals surface area contributed by atoms with Crippen LogP contribution in [0, 0.1) is 6.92 Å². The van der Waals surface area contributed by atoms with E-state index in [0.717, 1.165) is 32.7 Å². The number of benzene rings is 3. The molecular weight excluding hydrogens is 468 g/mol. The van der Waals surface area contributed by atoms with Crippen LogP contribution in [-0.2, 0) is 13.1 Å². The lowest BCUT2D eigenvalue weighted by Crippen LogP contribution is -2.45. The van der Waals surface area contributed by atoms with Gasteiger partial charge in [0, 0.05) is 50.9 Å². The van der Waals surface area contributed by atoms with Gasteiger partial charge in [0.15, 0.2) is 5.76 Å². The molecule has 1 fully saturated rings. The number of fused-ring (bicyclic) bond motifs is 1. The first-order valence-corrected chi connectivity index (χ1v) is 12.5. The molecule has 1 saturated heterocycles. The van der Waals surface area contributed by atoms with Crippen LogP contribution >= 0.6 is 0 Å². The van der Waals surface area contributed by atoms with Crippen molar-refractivity contribution in [2.24, 2.45) is 0 Å². The second kappa shape index (κ2) is 10.7. The molecule has 5 rings (SSSR count). The Kier molecular flexibility index (Phi) is 7.17. The molecule has 0 unspecified atom stereocenters. The molecule has 7 heteroatoms. The highest BCUT2D eigenvalue weighted by molar-refractivity contribution is 6.16. The first kappa shape index (κ1) is 24.9. The SMILES string of the molecule is COc1ccc(/C=C2\Oc3c(CN4CCN(Cc5ccccc5)CC4)c(O)cc(C)c3C2=O)c(OC)c1. The van der Waals surface area contributed by atoms with Crippen molar-refractivity contribution in [3.63, 3.8) is 0 Å². The van der Waals surface area contributed by atoms with Gasteiger partial charge >= 0.3 is 0 Å². The second-order valence-electron chi connectivity index (χ2n) is 9.48. The van der Waals surface area contributed by atoms with Gasteiger partial charge in [-0.1, -0.05) is 30.3 Å². The molecule has 0 amide bonds. The van der Waals surface area contributed by atoms with Gasteiger partial charge in [0.05, 0.1) is 25.3 Å². The molecule has 37 heavy (non-hydrogen) atoms. The number of aryl methyl sites for hydroxylation is 1. The van der Waals surface area contributed by atoms with E-state index in [1.54, 1.807) is 38.5 Å². The van der Waals surface area contributed by atoms with E-state index in [4.69, 9.17) is 14.2 Å². The van der Waals surface area contributed by atoms with Crippen molar-refractivity contribution in [3.8, 4) is 23.0 Å². The van der Waals surface area contributed by atoms with Crippen LogP contribution in [0.5, 0.6) is 23.0 Å². The van der Waals surface area contributed by atoms with Gasteiger partial charge in [-0.3, -0.25) is 14.6 Å². The Morgan fingerprint density at radius 3 is 2.32 bits per heavy atom. The third kappa shape index (κ3) is 5.19. The van der Waals surface area contributed by atoms with Crippen LogP contribution in [-0.4, -0.2) is 61.1 Å². The van der Waals surface area contributed by atoms with Crippen LogP contribution in [0.4, 0.5) is 0 Å². The molecule has 1 N–H and O–H groups in total. The Labute approximate surface area is 217 Å². The summed E-state index contributed by atoms with van der Waals surface area (Å²) in [6.07, 6.45) is 1.68. The third-order valence-corrected chi connectivity index (χ3v) is 7.04. The summed E-state index contributed by atoms with van der Waals surface area (Å²) in [5, 5.41) is 10.9. The molecule has 0 spiro atoms. The maximum Gasteiger partial charge on any atom is 0.232 e. The van der Waals surface area contributed by atoms with E-state index in [9.17, 15) is 9.90 Å². The molecule has 0 aromatic heterocycles. The molecule has 2 heterocycles. The van der Waals surface area contributed by atoms with Gasteiger partial charge in [0.25, 0.3) is 0 Å². The van der Waals surface area contributed by atoms with Crippen LogP contribution in [0.25, 0.3) is 6.08 Å². The number of phenolic OH excluding ortho intramolecular Hbond substituents is 1. The summed E-state index contributed by atoms with van der Waals surface area (Å²) in [6, 6.07) is 17.5. The molecule has 0 atom stereocenters. The second-order valence-corrected chi connectivity index (χ2v) is 9.48. The molecule has 0 bridgehead atoms. The fraction of sp³-hybridized carbons (Fsp3) is 0.300. The molecule has 0 radical (unpaired) electrons.